The second-order valence-electron chi connectivity index (χ2n) is 4.93. The van der Waals surface area contributed by atoms with Gasteiger partial charge in [0.05, 0.1) is 0 Å². The third-order valence-corrected chi connectivity index (χ3v) is 3.06. The summed E-state index contributed by atoms with van der Waals surface area (Å²) < 4.78 is 1.83. The normalized spacial score (nSPS) is 10.2. The Bertz CT molecular complexity index is 607. The van der Waals surface area contributed by atoms with Crippen LogP contribution in [0.3, 0.4) is 0 Å². The van der Waals surface area contributed by atoms with Crippen LogP contribution in [-0.4, -0.2) is 41.4 Å². The van der Waals surface area contributed by atoms with Gasteiger partial charge in [0.1, 0.15) is 12.2 Å². The van der Waals surface area contributed by atoms with Crippen molar-refractivity contribution >= 4 is 17.4 Å². The van der Waals surface area contributed by atoms with E-state index in [1.807, 2.05) is 54.9 Å². The number of aryl methyl sites for hydroxylation is 1. The highest BCUT2D eigenvalue weighted by Gasteiger charge is 2.05. The minimum atomic E-state index is -0.229. The molecule has 2 N–H and O–H groups in total. The van der Waals surface area contributed by atoms with Crippen LogP contribution >= 0.6 is 0 Å². The summed E-state index contributed by atoms with van der Waals surface area (Å²) in [6, 6.07) is 7.44. The maximum absolute atomic E-state index is 11.8. The summed E-state index contributed by atoms with van der Waals surface area (Å²) in [4.78, 5) is 13.8. The first kappa shape index (κ1) is 14.8. The van der Waals surface area contributed by atoms with Crippen LogP contribution in [0, 0.1) is 0 Å². The van der Waals surface area contributed by atoms with Crippen molar-refractivity contribution in [2.45, 2.75) is 6.42 Å². The molecule has 0 aliphatic carbocycles. The van der Waals surface area contributed by atoms with E-state index in [0.717, 1.165) is 17.2 Å². The molecule has 2 amide bonds. The largest absolute Gasteiger partial charge is 0.378 e. The lowest BCUT2D eigenvalue weighted by molar-refractivity contribution is 0.252. The van der Waals surface area contributed by atoms with E-state index in [1.54, 1.807) is 6.33 Å². The SMILES string of the molecule is CN(C)c1cccc(NC(=O)NCCc2nncn2C)c1. The maximum atomic E-state index is 11.8. The van der Waals surface area contributed by atoms with Gasteiger partial charge in [0.25, 0.3) is 0 Å². The van der Waals surface area contributed by atoms with Crippen LogP contribution in [0.5, 0.6) is 0 Å². The van der Waals surface area contributed by atoms with Gasteiger partial charge in [-0.05, 0) is 18.2 Å². The van der Waals surface area contributed by atoms with E-state index in [4.69, 9.17) is 0 Å². The van der Waals surface area contributed by atoms with Crippen molar-refractivity contribution in [1.29, 1.82) is 0 Å². The van der Waals surface area contributed by atoms with Crippen LogP contribution in [0.25, 0.3) is 0 Å². The lowest BCUT2D eigenvalue weighted by atomic mass is 10.2. The molecule has 0 aliphatic rings. The number of anilines is 2. The maximum Gasteiger partial charge on any atom is 0.319 e. The Morgan fingerprint density at radius 3 is 2.86 bits per heavy atom. The second kappa shape index (κ2) is 6.74. The van der Waals surface area contributed by atoms with E-state index in [-0.39, 0.29) is 6.03 Å². The molecule has 112 valence electrons. The van der Waals surface area contributed by atoms with Crippen molar-refractivity contribution in [2.75, 3.05) is 30.9 Å². The summed E-state index contributed by atoms with van der Waals surface area (Å²) in [6.45, 7) is 0.506. The highest BCUT2D eigenvalue weighted by molar-refractivity contribution is 5.89. The van der Waals surface area contributed by atoms with Crippen LogP contribution in [0.15, 0.2) is 30.6 Å². The molecule has 1 heterocycles. The lowest BCUT2D eigenvalue weighted by Crippen LogP contribution is -2.30. The summed E-state index contributed by atoms with van der Waals surface area (Å²) in [5, 5.41) is 13.4. The molecule has 0 fully saturated rings. The number of nitrogens with zero attached hydrogens (tertiary/aromatic N) is 4. The zero-order valence-corrected chi connectivity index (χ0v) is 12.5. The first-order valence-corrected chi connectivity index (χ1v) is 6.71. The fourth-order valence-corrected chi connectivity index (χ4v) is 1.86. The minimum Gasteiger partial charge on any atom is -0.378 e. The Balaban J connectivity index is 1.82. The molecule has 0 spiro atoms. The van der Waals surface area contributed by atoms with Crippen molar-refractivity contribution in [2.24, 2.45) is 7.05 Å². The van der Waals surface area contributed by atoms with Crippen LogP contribution in [-0.2, 0) is 13.5 Å². The van der Waals surface area contributed by atoms with Crippen molar-refractivity contribution in [3.05, 3.63) is 36.4 Å². The van der Waals surface area contributed by atoms with Crippen LogP contribution in [0.2, 0.25) is 0 Å². The van der Waals surface area contributed by atoms with Gasteiger partial charge < -0.3 is 20.1 Å². The number of carbonyl (C=O) groups excluding carboxylic acids is 1. The number of nitrogens with one attached hydrogen (secondary N) is 2. The lowest BCUT2D eigenvalue weighted by Gasteiger charge is -2.14. The van der Waals surface area contributed by atoms with Gasteiger partial charge in [-0.15, -0.1) is 10.2 Å². The average molecular weight is 288 g/mol. The van der Waals surface area contributed by atoms with Crippen molar-refractivity contribution in [1.82, 2.24) is 20.1 Å². The van der Waals surface area contributed by atoms with E-state index in [9.17, 15) is 4.79 Å². The quantitative estimate of drug-likeness (QED) is 0.868. The average Bonchev–Trinajstić information content (AvgIpc) is 2.85. The van der Waals surface area contributed by atoms with Gasteiger partial charge in [-0.25, -0.2) is 4.79 Å². The summed E-state index contributed by atoms with van der Waals surface area (Å²) in [7, 11) is 5.79. The van der Waals surface area contributed by atoms with Gasteiger partial charge in [0.2, 0.25) is 0 Å². The summed E-state index contributed by atoms with van der Waals surface area (Å²) >= 11 is 0. The van der Waals surface area contributed by atoms with E-state index >= 15 is 0 Å². The minimum absolute atomic E-state index is 0.229. The van der Waals surface area contributed by atoms with Gasteiger partial charge in [0, 0.05) is 45.5 Å². The second-order valence-corrected chi connectivity index (χ2v) is 4.93. The van der Waals surface area contributed by atoms with Crippen LogP contribution < -0.4 is 15.5 Å². The highest BCUT2D eigenvalue weighted by Crippen LogP contribution is 2.16. The molecule has 0 saturated carbocycles. The predicted octanol–water partition coefficient (Wildman–Crippen LogP) is 1.25. The van der Waals surface area contributed by atoms with Gasteiger partial charge >= 0.3 is 6.03 Å². The third kappa shape index (κ3) is 4.20. The molecule has 0 aliphatic heterocycles. The number of hydrogen-bond donors (Lipinski definition) is 2. The molecule has 1 aromatic carbocycles. The highest BCUT2D eigenvalue weighted by atomic mass is 16.2. The summed E-state index contributed by atoms with van der Waals surface area (Å²) in [5.41, 5.74) is 1.80. The Morgan fingerprint density at radius 1 is 1.38 bits per heavy atom. The monoisotopic (exact) mass is 288 g/mol. The molecule has 2 aromatic rings. The predicted molar refractivity (Wildman–Crippen MR) is 82.5 cm³/mol. The van der Waals surface area contributed by atoms with E-state index < -0.39 is 0 Å². The zero-order valence-electron chi connectivity index (χ0n) is 12.5. The van der Waals surface area contributed by atoms with Gasteiger partial charge in [-0.1, -0.05) is 6.07 Å². The van der Waals surface area contributed by atoms with E-state index in [2.05, 4.69) is 20.8 Å². The first-order valence-electron chi connectivity index (χ1n) is 6.71. The van der Waals surface area contributed by atoms with E-state index in [1.165, 1.54) is 0 Å². The van der Waals surface area contributed by atoms with Gasteiger partial charge in [0.15, 0.2) is 0 Å². The number of amides is 2. The summed E-state index contributed by atoms with van der Waals surface area (Å²) in [6.07, 6.45) is 2.28. The molecule has 7 heteroatoms. The Hall–Kier alpha value is -2.57. The third-order valence-electron chi connectivity index (χ3n) is 3.06. The fourth-order valence-electron chi connectivity index (χ4n) is 1.86. The molecule has 21 heavy (non-hydrogen) atoms. The fraction of sp³-hybridized carbons (Fsp3) is 0.357. The molecule has 0 atom stereocenters. The first-order chi connectivity index (χ1) is 10.1. The van der Waals surface area contributed by atoms with Gasteiger partial charge in [-0.3, -0.25) is 0 Å². The van der Waals surface area contributed by atoms with E-state index in [0.29, 0.717) is 13.0 Å². The van der Waals surface area contributed by atoms with Crippen molar-refractivity contribution < 1.29 is 4.79 Å². The number of urea groups is 1. The Morgan fingerprint density at radius 2 is 2.19 bits per heavy atom. The van der Waals surface area contributed by atoms with Gasteiger partial charge in [-0.2, -0.15) is 0 Å². The van der Waals surface area contributed by atoms with Crippen LogP contribution in [0.4, 0.5) is 16.2 Å². The molecule has 1 aromatic heterocycles. The summed E-state index contributed by atoms with van der Waals surface area (Å²) in [5.74, 6) is 0.838. The number of hydrogen-bond acceptors (Lipinski definition) is 4. The number of carbonyl (C=O) groups is 1. The number of aromatic nitrogens is 3. The van der Waals surface area contributed by atoms with Crippen molar-refractivity contribution in [3.63, 3.8) is 0 Å². The Kier molecular flexibility index (Phi) is 4.76. The van der Waals surface area contributed by atoms with Crippen molar-refractivity contribution in [3.8, 4) is 0 Å². The smallest absolute Gasteiger partial charge is 0.319 e. The molecule has 0 saturated heterocycles. The zero-order chi connectivity index (χ0) is 15.2. The molecule has 2 rings (SSSR count). The number of rotatable bonds is 5. The number of benzene rings is 1. The topological polar surface area (TPSA) is 75.1 Å². The molecule has 7 nitrogen and oxygen atoms in total. The standard InChI is InChI=1S/C14H20N6O/c1-19(2)12-6-4-5-11(9-12)17-14(21)15-8-7-13-18-16-10-20(13)3/h4-6,9-10H,7-8H2,1-3H3,(H2,15,17,21). The molecule has 0 radical (unpaired) electrons. The molecule has 0 unspecified atom stereocenters. The molecule has 0 bridgehead atoms. The Labute approximate surface area is 124 Å². The molecular formula is C14H20N6O. The van der Waals surface area contributed by atoms with Crippen LogP contribution in [0.1, 0.15) is 5.82 Å². The molecular weight excluding hydrogens is 268 g/mol.